The number of hydrogen-bond acceptors (Lipinski definition) is 3. The van der Waals surface area contributed by atoms with E-state index in [0.717, 1.165) is 39.0 Å². The van der Waals surface area contributed by atoms with Gasteiger partial charge in [0.1, 0.15) is 0 Å². The van der Waals surface area contributed by atoms with Crippen LogP contribution in [-0.2, 0) is 9.53 Å². The van der Waals surface area contributed by atoms with Crippen LogP contribution >= 0.6 is 0 Å². The molecule has 1 amide bonds. The van der Waals surface area contributed by atoms with Gasteiger partial charge in [0.2, 0.25) is 5.91 Å². The highest BCUT2D eigenvalue weighted by Gasteiger charge is 2.13. The fourth-order valence-corrected chi connectivity index (χ4v) is 1.47. The normalized spacial score (nSPS) is 18.1. The molecule has 0 radical (unpaired) electrons. The van der Waals surface area contributed by atoms with E-state index in [1.165, 1.54) is 0 Å². The van der Waals surface area contributed by atoms with E-state index in [-0.39, 0.29) is 5.91 Å². The zero-order chi connectivity index (χ0) is 10.2. The fraction of sp³-hybridized carbons (Fsp3) is 0.900. The summed E-state index contributed by atoms with van der Waals surface area (Å²) in [5.41, 5.74) is 0. The van der Waals surface area contributed by atoms with Gasteiger partial charge < -0.3 is 15.4 Å². The third-order valence-corrected chi connectivity index (χ3v) is 2.34. The average molecular weight is 200 g/mol. The maximum Gasteiger partial charge on any atom is 0.233 e. The number of nitrogens with one attached hydrogen (secondary N) is 2. The Hall–Kier alpha value is -0.610. The molecule has 1 rings (SSSR count). The lowest BCUT2D eigenvalue weighted by Crippen LogP contribution is -2.41. The zero-order valence-electron chi connectivity index (χ0n) is 8.84. The van der Waals surface area contributed by atoms with Crippen molar-refractivity contribution in [3.8, 4) is 0 Å². The Morgan fingerprint density at radius 1 is 1.43 bits per heavy atom. The molecule has 2 N–H and O–H groups in total. The van der Waals surface area contributed by atoms with Crippen molar-refractivity contribution in [3.05, 3.63) is 0 Å². The molecule has 4 heteroatoms. The van der Waals surface area contributed by atoms with Gasteiger partial charge in [-0.25, -0.2) is 0 Å². The summed E-state index contributed by atoms with van der Waals surface area (Å²) in [6, 6.07) is 0.455. The zero-order valence-corrected chi connectivity index (χ0v) is 8.84. The van der Waals surface area contributed by atoms with Crippen LogP contribution in [0.4, 0.5) is 0 Å². The first-order valence-electron chi connectivity index (χ1n) is 5.40. The van der Waals surface area contributed by atoms with E-state index in [4.69, 9.17) is 4.74 Å². The monoisotopic (exact) mass is 200 g/mol. The summed E-state index contributed by atoms with van der Waals surface area (Å²) in [6.45, 7) is 4.88. The Kier molecular flexibility index (Phi) is 5.56. The van der Waals surface area contributed by atoms with Crippen molar-refractivity contribution in [2.45, 2.75) is 32.2 Å². The summed E-state index contributed by atoms with van der Waals surface area (Å²) in [5, 5.41) is 6.08. The third-order valence-electron chi connectivity index (χ3n) is 2.34. The van der Waals surface area contributed by atoms with Gasteiger partial charge in [-0.2, -0.15) is 0 Å². The van der Waals surface area contributed by atoms with Gasteiger partial charge in [0.05, 0.1) is 6.54 Å². The van der Waals surface area contributed by atoms with Gasteiger partial charge in [-0.3, -0.25) is 4.79 Å². The fourth-order valence-electron chi connectivity index (χ4n) is 1.47. The lowest BCUT2D eigenvalue weighted by molar-refractivity contribution is -0.120. The van der Waals surface area contributed by atoms with Crippen molar-refractivity contribution >= 4 is 5.91 Å². The predicted octanol–water partition coefficient (Wildman–Crippen LogP) is 0.281. The molecule has 1 heterocycles. The maximum absolute atomic E-state index is 11.2. The van der Waals surface area contributed by atoms with Crippen molar-refractivity contribution in [2.75, 3.05) is 26.3 Å². The van der Waals surface area contributed by atoms with E-state index < -0.39 is 0 Å². The topological polar surface area (TPSA) is 50.4 Å². The second-order valence-electron chi connectivity index (χ2n) is 3.62. The van der Waals surface area contributed by atoms with Gasteiger partial charge >= 0.3 is 0 Å². The summed E-state index contributed by atoms with van der Waals surface area (Å²) >= 11 is 0. The first-order valence-corrected chi connectivity index (χ1v) is 5.40. The minimum absolute atomic E-state index is 0.0957. The quantitative estimate of drug-likeness (QED) is 0.670. The highest BCUT2D eigenvalue weighted by molar-refractivity contribution is 5.77. The second-order valence-corrected chi connectivity index (χ2v) is 3.62. The number of carbonyl (C=O) groups is 1. The summed E-state index contributed by atoms with van der Waals surface area (Å²) in [6.07, 6.45) is 3.02. The van der Waals surface area contributed by atoms with Crippen molar-refractivity contribution in [3.63, 3.8) is 0 Å². The maximum atomic E-state index is 11.2. The molecule has 4 nitrogen and oxygen atoms in total. The molecule has 1 aliphatic rings. The molecular weight excluding hydrogens is 180 g/mol. The smallest absolute Gasteiger partial charge is 0.233 e. The number of rotatable bonds is 5. The van der Waals surface area contributed by atoms with Crippen LogP contribution in [0, 0.1) is 0 Å². The molecule has 1 saturated heterocycles. The van der Waals surface area contributed by atoms with E-state index in [1.54, 1.807) is 0 Å². The summed E-state index contributed by atoms with van der Waals surface area (Å²) in [5.74, 6) is 0.0957. The molecule has 0 aromatic carbocycles. The van der Waals surface area contributed by atoms with E-state index in [0.29, 0.717) is 12.6 Å². The van der Waals surface area contributed by atoms with Crippen molar-refractivity contribution in [1.29, 1.82) is 0 Å². The average Bonchev–Trinajstić information content (AvgIpc) is 2.25. The van der Waals surface area contributed by atoms with Crippen molar-refractivity contribution < 1.29 is 9.53 Å². The number of amides is 1. The van der Waals surface area contributed by atoms with Crippen LogP contribution < -0.4 is 10.6 Å². The summed E-state index contributed by atoms with van der Waals surface area (Å²) in [4.78, 5) is 11.2. The molecule has 0 atom stereocenters. The van der Waals surface area contributed by atoms with Crippen molar-refractivity contribution in [2.24, 2.45) is 0 Å². The molecule has 0 spiro atoms. The molecule has 1 aliphatic heterocycles. The molecule has 1 fully saturated rings. The molecule has 0 bridgehead atoms. The first kappa shape index (κ1) is 11.5. The lowest BCUT2D eigenvalue weighted by Gasteiger charge is -2.22. The highest BCUT2D eigenvalue weighted by Crippen LogP contribution is 2.05. The van der Waals surface area contributed by atoms with Gasteiger partial charge in [-0.1, -0.05) is 6.92 Å². The molecule has 0 aromatic rings. The summed E-state index contributed by atoms with van der Waals surface area (Å²) in [7, 11) is 0. The third kappa shape index (κ3) is 4.58. The van der Waals surface area contributed by atoms with Gasteiger partial charge in [0.15, 0.2) is 0 Å². The van der Waals surface area contributed by atoms with Gasteiger partial charge in [0.25, 0.3) is 0 Å². The number of hydrogen-bond donors (Lipinski definition) is 2. The Bertz CT molecular complexity index is 168. The van der Waals surface area contributed by atoms with E-state index in [2.05, 4.69) is 10.6 Å². The van der Waals surface area contributed by atoms with Gasteiger partial charge in [-0.05, 0) is 19.3 Å². The first-order chi connectivity index (χ1) is 6.83. The number of ether oxygens (including phenoxy) is 1. The molecular formula is C10H20N2O2. The Morgan fingerprint density at radius 3 is 2.79 bits per heavy atom. The summed E-state index contributed by atoms with van der Waals surface area (Å²) < 4.78 is 5.23. The minimum atomic E-state index is 0.0957. The molecule has 14 heavy (non-hydrogen) atoms. The molecule has 0 saturated carbocycles. The van der Waals surface area contributed by atoms with Crippen LogP contribution in [-0.4, -0.2) is 38.3 Å². The Labute approximate surface area is 85.4 Å². The van der Waals surface area contributed by atoms with Crippen LogP contribution in [0.5, 0.6) is 0 Å². The largest absolute Gasteiger partial charge is 0.381 e. The lowest BCUT2D eigenvalue weighted by atomic mass is 10.1. The van der Waals surface area contributed by atoms with Crippen LogP contribution in [0.2, 0.25) is 0 Å². The van der Waals surface area contributed by atoms with Crippen LogP contribution in [0.15, 0.2) is 0 Å². The van der Waals surface area contributed by atoms with Crippen molar-refractivity contribution in [1.82, 2.24) is 10.6 Å². The van der Waals surface area contributed by atoms with Crippen LogP contribution in [0.1, 0.15) is 26.2 Å². The van der Waals surface area contributed by atoms with Gasteiger partial charge in [-0.15, -0.1) is 0 Å². The van der Waals surface area contributed by atoms with E-state index >= 15 is 0 Å². The number of carbonyl (C=O) groups excluding carboxylic acids is 1. The minimum Gasteiger partial charge on any atom is -0.381 e. The van der Waals surface area contributed by atoms with E-state index in [9.17, 15) is 4.79 Å². The SMILES string of the molecule is CCCNC(=O)CNC1CCOCC1. The Balaban J connectivity index is 2.03. The van der Waals surface area contributed by atoms with Crippen LogP contribution in [0.25, 0.3) is 0 Å². The van der Waals surface area contributed by atoms with E-state index in [1.807, 2.05) is 6.92 Å². The molecule has 0 aromatic heterocycles. The molecule has 82 valence electrons. The highest BCUT2D eigenvalue weighted by atomic mass is 16.5. The molecule has 0 unspecified atom stereocenters. The predicted molar refractivity (Wildman–Crippen MR) is 55.1 cm³/mol. The van der Waals surface area contributed by atoms with Gasteiger partial charge in [0, 0.05) is 25.8 Å². The standard InChI is InChI=1S/C10H20N2O2/c1-2-5-11-10(13)8-12-9-3-6-14-7-4-9/h9,12H,2-8H2,1H3,(H,11,13). The Morgan fingerprint density at radius 2 is 2.14 bits per heavy atom. The second kappa shape index (κ2) is 6.79. The van der Waals surface area contributed by atoms with Crippen LogP contribution in [0.3, 0.4) is 0 Å². The molecule has 0 aliphatic carbocycles.